The summed E-state index contributed by atoms with van der Waals surface area (Å²) >= 11 is 0. The van der Waals surface area contributed by atoms with E-state index in [1.165, 1.54) is 17.7 Å². The van der Waals surface area contributed by atoms with Crippen LogP contribution in [-0.2, 0) is 0 Å². The molecule has 118 valence electrons. The first kappa shape index (κ1) is 15.3. The summed E-state index contributed by atoms with van der Waals surface area (Å²) in [6.45, 7) is 1.41. The highest BCUT2D eigenvalue weighted by molar-refractivity contribution is 5.97. The van der Waals surface area contributed by atoms with Gasteiger partial charge >= 0.3 is 5.97 Å². The lowest BCUT2D eigenvalue weighted by Gasteiger charge is -2.32. The van der Waals surface area contributed by atoms with Gasteiger partial charge in [-0.2, -0.15) is 0 Å². The van der Waals surface area contributed by atoms with E-state index in [1.54, 1.807) is 12.1 Å². The van der Waals surface area contributed by atoms with Crippen molar-refractivity contribution in [3.05, 3.63) is 71.3 Å². The zero-order valence-corrected chi connectivity index (χ0v) is 12.8. The second-order valence-corrected chi connectivity index (χ2v) is 5.86. The molecule has 1 aliphatic heterocycles. The number of aromatic carboxylic acids is 1. The topological polar surface area (TPSA) is 57.6 Å². The first-order valence-corrected chi connectivity index (χ1v) is 7.83. The maximum absolute atomic E-state index is 12.6. The number of benzene rings is 2. The van der Waals surface area contributed by atoms with Crippen LogP contribution in [0.25, 0.3) is 0 Å². The van der Waals surface area contributed by atoms with Crippen molar-refractivity contribution in [2.45, 2.75) is 18.8 Å². The second kappa shape index (κ2) is 6.65. The minimum atomic E-state index is -1.01. The summed E-state index contributed by atoms with van der Waals surface area (Å²) in [5.41, 5.74) is 1.92. The minimum Gasteiger partial charge on any atom is -0.478 e. The number of hydrogen-bond acceptors (Lipinski definition) is 2. The zero-order chi connectivity index (χ0) is 16.2. The third kappa shape index (κ3) is 3.42. The molecule has 23 heavy (non-hydrogen) atoms. The van der Waals surface area contributed by atoms with Gasteiger partial charge in [-0.25, -0.2) is 4.79 Å². The van der Waals surface area contributed by atoms with E-state index in [2.05, 4.69) is 12.1 Å². The van der Waals surface area contributed by atoms with E-state index in [4.69, 9.17) is 5.11 Å². The van der Waals surface area contributed by atoms with Crippen LogP contribution in [-0.4, -0.2) is 35.0 Å². The van der Waals surface area contributed by atoms with E-state index in [1.807, 2.05) is 23.1 Å². The van der Waals surface area contributed by atoms with E-state index >= 15 is 0 Å². The average molecular weight is 309 g/mol. The molecule has 0 saturated carbocycles. The molecular weight excluding hydrogens is 290 g/mol. The van der Waals surface area contributed by atoms with Crippen LogP contribution in [0, 0.1) is 0 Å². The molecule has 2 aromatic rings. The summed E-state index contributed by atoms with van der Waals surface area (Å²) < 4.78 is 0. The quantitative estimate of drug-likeness (QED) is 0.945. The molecule has 1 heterocycles. The summed E-state index contributed by atoms with van der Waals surface area (Å²) in [5, 5.41) is 9.04. The summed E-state index contributed by atoms with van der Waals surface area (Å²) in [4.78, 5) is 25.4. The van der Waals surface area contributed by atoms with E-state index in [-0.39, 0.29) is 11.5 Å². The van der Waals surface area contributed by atoms with Crippen LogP contribution in [0.2, 0.25) is 0 Å². The molecule has 1 amide bonds. The first-order chi connectivity index (χ1) is 11.1. The number of piperidine rings is 1. The van der Waals surface area contributed by atoms with Gasteiger partial charge in [-0.15, -0.1) is 0 Å². The van der Waals surface area contributed by atoms with Crippen molar-refractivity contribution in [3.8, 4) is 0 Å². The molecule has 1 aliphatic rings. The zero-order valence-electron chi connectivity index (χ0n) is 12.8. The predicted octanol–water partition coefficient (Wildman–Crippen LogP) is 3.40. The van der Waals surface area contributed by atoms with Crippen molar-refractivity contribution in [1.82, 2.24) is 4.90 Å². The molecule has 0 bridgehead atoms. The fourth-order valence-electron chi connectivity index (χ4n) is 3.11. The number of amides is 1. The Bertz CT molecular complexity index is 704. The third-order valence-corrected chi connectivity index (χ3v) is 4.41. The van der Waals surface area contributed by atoms with Crippen LogP contribution in [0.4, 0.5) is 0 Å². The van der Waals surface area contributed by atoms with Gasteiger partial charge in [0.05, 0.1) is 5.56 Å². The highest BCUT2D eigenvalue weighted by Crippen LogP contribution is 2.28. The van der Waals surface area contributed by atoms with Crippen LogP contribution in [0.1, 0.15) is 45.0 Å². The predicted molar refractivity (Wildman–Crippen MR) is 87.7 cm³/mol. The molecule has 0 spiro atoms. The molecule has 1 saturated heterocycles. The number of carboxylic acid groups (broad SMARTS) is 1. The molecule has 0 aromatic heterocycles. The van der Waals surface area contributed by atoms with Gasteiger partial charge in [0.1, 0.15) is 0 Å². The Kier molecular flexibility index (Phi) is 4.42. The van der Waals surface area contributed by atoms with Gasteiger partial charge in [0.2, 0.25) is 0 Å². The van der Waals surface area contributed by atoms with E-state index < -0.39 is 5.97 Å². The van der Waals surface area contributed by atoms with Gasteiger partial charge in [-0.1, -0.05) is 36.4 Å². The monoisotopic (exact) mass is 309 g/mol. The third-order valence-electron chi connectivity index (χ3n) is 4.41. The highest BCUT2D eigenvalue weighted by Gasteiger charge is 2.24. The van der Waals surface area contributed by atoms with E-state index in [0.717, 1.165) is 12.8 Å². The average Bonchev–Trinajstić information content (AvgIpc) is 2.62. The normalized spacial score (nSPS) is 15.4. The number of carboxylic acids is 1. The first-order valence-electron chi connectivity index (χ1n) is 7.83. The van der Waals surface area contributed by atoms with E-state index in [9.17, 15) is 9.59 Å². The Morgan fingerprint density at radius 1 is 0.913 bits per heavy atom. The van der Waals surface area contributed by atoms with Gasteiger partial charge in [0, 0.05) is 18.7 Å². The molecule has 0 unspecified atom stereocenters. The highest BCUT2D eigenvalue weighted by atomic mass is 16.4. The fourth-order valence-corrected chi connectivity index (χ4v) is 3.11. The summed E-state index contributed by atoms with van der Waals surface area (Å²) in [6.07, 6.45) is 1.88. The van der Waals surface area contributed by atoms with Crippen molar-refractivity contribution in [1.29, 1.82) is 0 Å². The summed E-state index contributed by atoms with van der Waals surface area (Å²) in [7, 11) is 0. The van der Waals surface area contributed by atoms with E-state index in [0.29, 0.717) is 24.6 Å². The molecule has 1 fully saturated rings. The molecule has 0 atom stereocenters. The lowest BCUT2D eigenvalue weighted by molar-refractivity contribution is 0.0697. The molecule has 3 rings (SSSR count). The molecular formula is C19H19NO3. The SMILES string of the molecule is O=C(O)c1cccc(C(=O)N2CCC(c3ccccc3)CC2)c1. The standard InChI is InChI=1S/C19H19NO3/c21-18(16-7-4-8-17(13-16)19(22)23)20-11-9-15(10-12-20)14-5-2-1-3-6-14/h1-8,13,15H,9-12H2,(H,22,23). The molecule has 4 nitrogen and oxygen atoms in total. The van der Waals surface area contributed by atoms with Crippen LogP contribution in [0.15, 0.2) is 54.6 Å². The smallest absolute Gasteiger partial charge is 0.335 e. The van der Waals surface area contributed by atoms with Crippen LogP contribution in [0.3, 0.4) is 0 Å². The van der Waals surface area contributed by atoms with Gasteiger partial charge < -0.3 is 10.0 Å². The lowest BCUT2D eigenvalue weighted by atomic mass is 9.89. The van der Waals surface area contributed by atoms with Gasteiger partial charge in [0.25, 0.3) is 5.91 Å². The van der Waals surface area contributed by atoms with Gasteiger partial charge in [0.15, 0.2) is 0 Å². The number of nitrogens with zero attached hydrogens (tertiary/aromatic N) is 1. The molecule has 1 N–H and O–H groups in total. The number of rotatable bonds is 3. The second-order valence-electron chi connectivity index (χ2n) is 5.86. The molecule has 0 aliphatic carbocycles. The number of hydrogen-bond donors (Lipinski definition) is 1. The Labute approximate surface area is 135 Å². The van der Waals surface area contributed by atoms with Crippen LogP contribution < -0.4 is 0 Å². The van der Waals surface area contributed by atoms with Crippen molar-refractivity contribution < 1.29 is 14.7 Å². The number of carbonyl (C=O) groups excluding carboxylic acids is 1. The van der Waals surface area contributed by atoms with Crippen LogP contribution >= 0.6 is 0 Å². The maximum Gasteiger partial charge on any atom is 0.335 e. The van der Waals surface area contributed by atoms with Crippen molar-refractivity contribution in [2.75, 3.05) is 13.1 Å². The minimum absolute atomic E-state index is 0.0837. The number of likely N-dealkylation sites (tertiary alicyclic amines) is 1. The number of carbonyl (C=O) groups is 2. The lowest BCUT2D eigenvalue weighted by Crippen LogP contribution is -2.38. The maximum atomic E-state index is 12.6. The van der Waals surface area contributed by atoms with Crippen molar-refractivity contribution in [3.63, 3.8) is 0 Å². The Morgan fingerprint density at radius 3 is 2.22 bits per heavy atom. The Hall–Kier alpha value is -2.62. The van der Waals surface area contributed by atoms with Crippen molar-refractivity contribution >= 4 is 11.9 Å². The van der Waals surface area contributed by atoms with Crippen LogP contribution in [0.5, 0.6) is 0 Å². The van der Waals surface area contributed by atoms with Gasteiger partial charge in [-0.05, 0) is 42.5 Å². The molecule has 4 heteroatoms. The Morgan fingerprint density at radius 2 is 1.57 bits per heavy atom. The fraction of sp³-hybridized carbons (Fsp3) is 0.263. The summed E-state index contributed by atoms with van der Waals surface area (Å²) in [6, 6.07) is 16.6. The summed E-state index contributed by atoms with van der Waals surface area (Å²) in [5.74, 6) is -0.604. The van der Waals surface area contributed by atoms with Gasteiger partial charge in [-0.3, -0.25) is 4.79 Å². The molecule has 2 aromatic carbocycles. The largest absolute Gasteiger partial charge is 0.478 e. The Balaban J connectivity index is 1.66. The van der Waals surface area contributed by atoms with Crippen molar-refractivity contribution in [2.24, 2.45) is 0 Å². The molecule has 0 radical (unpaired) electrons.